The van der Waals surface area contributed by atoms with Crippen molar-refractivity contribution in [2.45, 2.75) is 31.3 Å². The van der Waals surface area contributed by atoms with Gasteiger partial charge in [0.1, 0.15) is 4.90 Å². The Morgan fingerprint density at radius 1 is 1.38 bits per heavy atom. The van der Waals surface area contributed by atoms with Crippen LogP contribution in [0.2, 0.25) is 0 Å². The Kier molecular flexibility index (Phi) is 7.25. The average molecular weight is 336 g/mol. The molecule has 1 unspecified atom stereocenters. The van der Waals surface area contributed by atoms with E-state index in [2.05, 4.69) is 0 Å². The number of aryl methyl sites for hydroxylation is 1. The molecule has 0 spiro atoms. The molecule has 0 aliphatic carbocycles. The van der Waals surface area contributed by atoms with Gasteiger partial charge in [0.15, 0.2) is 0 Å². The van der Waals surface area contributed by atoms with Crippen molar-refractivity contribution in [3.8, 4) is 0 Å². The molecule has 8 heteroatoms. The van der Waals surface area contributed by atoms with E-state index in [0.717, 1.165) is 5.56 Å². The Labute approximate surface area is 130 Å². The number of rotatable bonds is 9. The number of nitrogens with zero attached hydrogens (tertiary/aromatic N) is 1. The van der Waals surface area contributed by atoms with E-state index in [9.17, 15) is 8.42 Å². The minimum absolute atomic E-state index is 0.212. The number of thiophene rings is 1. The standard InChI is InChI=1S/C13H24N2O4S2/c1-10-9-20-12(7-14)13(10)21(16,17)15(5-6-18-3)11(2)8-19-4/h9,11H,5-8,14H2,1-4H3. The van der Waals surface area contributed by atoms with Crippen molar-refractivity contribution in [1.82, 2.24) is 4.31 Å². The van der Waals surface area contributed by atoms with Crippen molar-refractivity contribution in [3.63, 3.8) is 0 Å². The molecule has 21 heavy (non-hydrogen) atoms. The van der Waals surface area contributed by atoms with E-state index in [1.54, 1.807) is 21.1 Å². The van der Waals surface area contributed by atoms with Crippen LogP contribution in [0.15, 0.2) is 10.3 Å². The monoisotopic (exact) mass is 336 g/mol. The largest absolute Gasteiger partial charge is 0.383 e. The van der Waals surface area contributed by atoms with Crippen LogP contribution >= 0.6 is 11.3 Å². The lowest BCUT2D eigenvalue weighted by Gasteiger charge is -2.28. The van der Waals surface area contributed by atoms with Crippen LogP contribution in [0.1, 0.15) is 17.4 Å². The first kappa shape index (κ1) is 18.5. The normalized spacial score (nSPS) is 13.8. The molecule has 0 fully saturated rings. The topological polar surface area (TPSA) is 81.9 Å². The van der Waals surface area contributed by atoms with Gasteiger partial charge in [0.05, 0.1) is 13.2 Å². The van der Waals surface area contributed by atoms with Crippen molar-refractivity contribution in [2.75, 3.05) is 34.0 Å². The molecule has 6 nitrogen and oxygen atoms in total. The third kappa shape index (κ3) is 4.24. The highest BCUT2D eigenvalue weighted by Gasteiger charge is 2.32. The fourth-order valence-electron chi connectivity index (χ4n) is 2.17. The van der Waals surface area contributed by atoms with Crippen LogP contribution in [-0.4, -0.2) is 52.7 Å². The lowest BCUT2D eigenvalue weighted by molar-refractivity contribution is 0.119. The van der Waals surface area contributed by atoms with Gasteiger partial charge >= 0.3 is 0 Å². The summed E-state index contributed by atoms with van der Waals surface area (Å²) >= 11 is 1.38. The molecule has 1 aromatic heterocycles. The summed E-state index contributed by atoms with van der Waals surface area (Å²) in [5.41, 5.74) is 6.40. The van der Waals surface area contributed by atoms with Gasteiger partial charge in [-0.2, -0.15) is 4.31 Å². The molecule has 1 heterocycles. The molecule has 0 radical (unpaired) electrons. The maximum Gasteiger partial charge on any atom is 0.244 e. The van der Waals surface area contributed by atoms with Gasteiger partial charge in [-0.3, -0.25) is 0 Å². The van der Waals surface area contributed by atoms with E-state index >= 15 is 0 Å². The highest BCUT2D eigenvalue weighted by molar-refractivity contribution is 7.89. The van der Waals surface area contributed by atoms with Gasteiger partial charge < -0.3 is 15.2 Å². The Morgan fingerprint density at radius 2 is 2.05 bits per heavy atom. The molecule has 0 amide bonds. The first-order chi connectivity index (χ1) is 9.89. The van der Waals surface area contributed by atoms with Gasteiger partial charge in [0.2, 0.25) is 10.0 Å². The van der Waals surface area contributed by atoms with E-state index in [1.165, 1.54) is 15.6 Å². The molecule has 1 atom stereocenters. The summed E-state index contributed by atoms with van der Waals surface area (Å²) in [7, 11) is -0.518. The molecule has 1 rings (SSSR count). The molecule has 0 aliphatic rings. The smallest absolute Gasteiger partial charge is 0.244 e. The second-order valence-electron chi connectivity index (χ2n) is 4.79. The van der Waals surface area contributed by atoms with Crippen molar-refractivity contribution in [3.05, 3.63) is 15.8 Å². The fourth-order valence-corrected chi connectivity index (χ4v) is 5.43. The van der Waals surface area contributed by atoms with Gasteiger partial charge in [-0.15, -0.1) is 11.3 Å². The van der Waals surface area contributed by atoms with Crippen LogP contribution in [0.25, 0.3) is 0 Å². The third-order valence-corrected chi connectivity index (χ3v) is 6.66. The average Bonchev–Trinajstić information content (AvgIpc) is 2.81. The van der Waals surface area contributed by atoms with Crippen LogP contribution in [0.3, 0.4) is 0 Å². The lowest BCUT2D eigenvalue weighted by atomic mass is 10.3. The van der Waals surface area contributed by atoms with E-state index < -0.39 is 10.0 Å². The number of hydrogen-bond donors (Lipinski definition) is 1. The Bertz CT molecular complexity index is 542. The predicted octanol–water partition coefficient (Wildman–Crippen LogP) is 1.19. The summed E-state index contributed by atoms with van der Waals surface area (Å²) in [5, 5.41) is 1.82. The molecule has 0 bridgehead atoms. The summed E-state index contributed by atoms with van der Waals surface area (Å²) in [4.78, 5) is 1.01. The van der Waals surface area contributed by atoms with E-state index in [0.29, 0.717) is 23.0 Å². The summed E-state index contributed by atoms with van der Waals surface area (Å²) in [5.74, 6) is 0. The van der Waals surface area contributed by atoms with Gasteiger partial charge in [-0.1, -0.05) is 0 Å². The fraction of sp³-hybridized carbons (Fsp3) is 0.692. The van der Waals surface area contributed by atoms with Gasteiger partial charge in [0.25, 0.3) is 0 Å². The highest BCUT2D eigenvalue weighted by atomic mass is 32.2. The van der Waals surface area contributed by atoms with Crippen molar-refractivity contribution in [2.24, 2.45) is 5.73 Å². The molecule has 0 aliphatic heterocycles. The molecule has 0 saturated carbocycles. The number of ether oxygens (including phenoxy) is 2. The predicted molar refractivity (Wildman–Crippen MR) is 84.1 cm³/mol. The van der Waals surface area contributed by atoms with Crippen LogP contribution in [0.4, 0.5) is 0 Å². The first-order valence-electron chi connectivity index (χ1n) is 6.66. The minimum Gasteiger partial charge on any atom is -0.383 e. The molecule has 0 saturated heterocycles. The molecule has 1 aromatic rings. The van der Waals surface area contributed by atoms with Gasteiger partial charge in [-0.05, 0) is 24.8 Å². The first-order valence-corrected chi connectivity index (χ1v) is 8.98. The molecular formula is C13H24N2O4S2. The Balaban J connectivity index is 3.22. The van der Waals surface area contributed by atoms with Gasteiger partial charge in [0, 0.05) is 38.2 Å². The Morgan fingerprint density at radius 3 is 2.57 bits per heavy atom. The highest BCUT2D eigenvalue weighted by Crippen LogP contribution is 2.30. The Hall–Kier alpha value is -0.510. The summed E-state index contributed by atoms with van der Waals surface area (Å²) in [6, 6.07) is -0.278. The molecule has 122 valence electrons. The van der Waals surface area contributed by atoms with Crippen LogP contribution < -0.4 is 5.73 Å². The zero-order valence-electron chi connectivity index (χ0n) is 13.0. The third-order valence-electron chi connectivity index (χ3n) is 3.16. The van der Waals surface area contributed by atoms with Crippen molar-refractivity contribution in [1.29, 1.82) is 0 Å². The maximum atomic E-state index is 13.0. The van der Waals surface area contributed by atoms with Crippen LogP contribution in [0, 0.1) is 6.92 Å². The van der Waals surface area contributed by atoms with Crippen molar-refractivity contribution >= 4 is 21.4 Å². The van der Waals surface area contributed by atoms with E-state index in [-0.39, 0.29) is 19.1 Å². The second kappa shape index (κ2) is 8.21. The molecule has 0 aromatic carbocycles. The minimum atomic E-state index is -3.62. The van der Waals surface area contributed by atoms with Crippen LogP contribution in [0.5, 0.6) is 0 Å². The van der Waals surface area contributed by atoms with Crippen molar-refractivity contribution < 1.29 is 17.9 Å². The van der Waals surface area contributed by atoms with E-state index in [1.807, 2.05) is 12.3 Å². The molecule has 2 N–H and O–H groups in total. The number of nitrogens with two attached hydrogens (primary N) is 1. The lowest BCUT2D eigenvalue weighted by Crippen LogP contribution is -2.43. The molecular weight excluding hydrogens is 312 g/mol. The maximum absolute atomic E-state index is 13.0. The zero-order chi connectivity index (χ0) is 16.0. The zero-order valence-corrected chi connectivity index (χ0v) is 14.6. The van der Waals surface area contributed by atoms with Crippen LogP contribution in [-0.2, 0) is 26.0 Å². The SMILES string of the molecule is COCCN(C(C)COC)S(=O)(=O)c1c(C)csc1CN. The summed E-state index contributed by atoms with van der Waals surface area (Å²) in [6.07, 6.45) is 0. The number of sulfonamides is 1. The quantitative estimate of drug-likeness (QED) is 0.732. The van der Waals surface area contributed by atoms with Gasteiger partial charge in [-0.25, -0.2) is 8.42 Å². The number of hydrogen-bond acceptors (Lipinski definition) is 6. The second-order valence-corrected chi connectivity index (χ2v) is 7.58. The summed E-state index contributed by atoms with van der Waals surface area (Å²) < 4.78 is 37.5. The van der Waals surface area contributed by atoms with E-state index in [4.69, 9.17) is 15.2 Å². The number of methoxy groups -OCH3 is 2. The summed E-state index contributed by atoms with van der Waals surface area (Å²) in [6.45, 7) is 4.75.